The van der Waals surface area contributed by atoms with E-state index >= 15 is 0 Å². The minimum Gasteiger partial charge on any atom is -0.494 e. The number of amides is 1. The van der Waals surface area contributed by atoms with Gasteiger partial charge in [-0.25, -0.2) is 4.79 Å². The van der Waals surface area contributed by atoms with Gasteiger partial charge in [-0.15, -0.1) is 0 Å². The van der Waals surface area contributed by atoms with Gasteiger partial charge in [0.25, 0.3) is 0 Å². The quantitative estimate of drug-likeness (QED) is 0.283. The molecular weight excluding hydrogens is 532 g/mol. The fraction of sp³-hybridized carbons (Fsp3) is 0.300. The molecule has 3 atom stereocenters. The van der Waals surface area contributed by atoms with E-state index in [0.717, 1.165) is 5.69 Å². The minimum absolute atomic E-state index is 0.144. The molecule has 0 spiro atoms. The zero-order valence-corrected chi connectivity index (χ0v) is 22.7. The van der Waals surface area contributed by atoms with Gasteiger partial charge in [0, 0.05) is 36.1 Å². The highest BCUT2D eigenvalue weighted by Crippen LogP contribution is 2.66. The van der Waals surface area contributed by atoms with Gasteiger partial charge >= 0.3 is 6.09 Å². The Labute approximate surface area is 235 Å². The fourth-order valence-corrected chi connectivity index (χ4v) is 6.47. The normalized spacial score (nSPS) is 22.7. The fourth-order valence-electron chi connectivity index (χ4n) is 6.36. The molecule has 2 aliphatic heterocycles. The molecule has 3 N–H and O–H groups in total. The summed E-state index contributed by atoms with van der Waals surface area (Å²) >= 11 is 5.98. The van der Waals surface area contributed by atoms with Gasteiger partial charge in [-0.05, 0) is 50.5 Å². The summed E-state index contributed by atoms with van der Waals surface area (Å²) in [5, 5.41) is 37.5. The highest BCUT2D eigenvalue weighted by atomic mass is 35.5. The van der Waals surface area contributed by atoms with Crippen LogP contribution in [0.5, 0.6) is 11.8 Å². The number of aryl methyl sites for hydroxylation is 1. The Morgan fingerprint density at radius 3 is 2.65 bits per heavy atom. The van der Waals surface area contributed by atoms with Crippen LogP contribution in [-0.4, -0.2) is 39.0 Å². The average Bonchev–Trinajstić information content (AvgIpc) is 3.50. The number of hydrogen-bond donors (Lipinski definition) is 3. The van der Waals surface area contributed by atoms with Gasteiger partial charge in [-0.2, -0.15) is 5.26 Å². The molecule has 1 amide bonds. The number of ether oxygens (including phenoxy) is 2. The summed E-state index contributed by atoms with van der Waals surface area (Å²) in [5.74, 6) is -0.342. The van der Waals surface area contributed by atoms with Crippen LogP contribution >= 0.6 is 11.6 Å². The van der Waals surface area contributed by atoms with Crippen molar-refractivity contribution in [3.05, 3.63) is 82.1 Å². The second-order valence-corrected chi connectivity index (χ2v) is 10.8. The van der Waals surface area contributed by atoms with Crippen molar-refractivity contribution in [3.8, 4) is 23.5 Å². The zero-order chi connectivity index (χ0) is 28.2. The number of aromatic hydroxyl groups is 2. The molecule has 1 fully saturated rings. The zero-order valence-electron chi connectivity index (χ0n) is 21.9. The Bertz CT molecular complexity index is 1700. The molecular formula is C30H27ClN4O5. The maximum Gasteiger partial charge on any atom is 0.407 e. The van der Waals surface area contributed by atoms with Crippen LogP contribution in [0.4, 0.5) is 4.79 Å². The number of carbonyl (C=O) groups is 1. The molecule has 9 nitrogen and oxygen atoms in total. The van der Waals surface area contributed by atoms with Gasteiger partial charge in [0.2, 0.25) is 11.8 Å². The first-order valence-electron chi connectivity index (χ1n) is 13.0. The van der Waals surface area contributed by atoms with E-state index in [4.69, 9.17) is 21.1 Å². The van der Waals surface area contributed by atoms with E-state index in [1.54, 1.807) is 31.3 Å². The Hall–Kier alpha value is -4.26. The van der Waals surface area contributed by atoms with Crippen molar-refractivity contribution in [1.29, 1.82) is 5.26 Å². The number of aromatic nitrogens is 2. The third-order valence-corrected chi connectivity index (χ3v) is 8.35. The molecule has 10 heteroatoms. The molecule has 0 radical (unpaired) electrons. The number of benzene rings is 2. The molecule has 1 saturated heterocycles. The Morgan fingerprint density at radius 1 is 1.20 bits per heavy atom. The van der Waals surface area contributed by atoms with Gasteiger partial charge < -0.3 is 25.0 Å². The molecule has 0 aliphatic carbocycles. The predicted molar refractivity (Wildman–Crippen MR) is 148 cm³/mol. The number of nitrogens with zero attached hydrogens (tertiary/aromatic N) is 3. The van der Waals surface area contributed by atoms with Crippen LogP contribution in [0.1, 0.15) is 48.6 Å². The molecule has 4 heterocycles. The lowest BCUT2D eigenvalue weighted by atomic mass is 9.75. The highest BCUT2D eigenvalue weighted by molar-refractivity contribution is 6.30. The number of carbonyl (C=O) groups excluding carboxylic acids is 1. The highest BCUT2D eigenvalue weighted by Gasteiger charge is 2.67. The summed E-state index contributed by atoms with van der Waals surface area (Å²) in [6, 6.07) is 16.6. The van der Waals surface area contributed by atoms with Gasteiger partial charge in [0.15, 0.2) is 0 Å². The number of alkyl carbamates (subject to hydrolysis) is 1. The van der Waals surface area contributed by atoms with E-state index < -0.39 is 23.4 Å². The smallest absolute Gasteiger partial charge is 0.407 e. The van der Waals surface area contributed by atoms with E-state index in [-0.39, 0.29) is 11.8 Å². The topological polar surface area (TPSA) is 130 Å². The number of hydrogen-bond acceptors (Lipinski definition) is 7. The van der Waals surface area contributed by atoms with Crippen molar-refractivity contribution in [2.24, 2.45) is 0 Å². The lowest BCUT2D eigenvalue weighted by Crippen LogP contribution is -2.39. The van der Waals surface area contributed by atoms with Crippen molar-refractivity contribution in [2.75, 3.05) is 7.05 Å². The summed E-state index contributed by atoms with van der Waals surface area (Å²) in [7, 11) is 1.48. The van der Waals surface area contributed by atoms with Crippen LogP contribution in [0.2, 0.25) is 5.02 Å². The maximum atomic E-state index is 12.3. The maximum absolute atomic E-state index is 12.3. The van der Waals surface area contributed by atoms with Crippen LogP contribution < -0.4 is 5.32 Å². The van der Waals surface area contributed by atoms with Crippen LogP contribution in [0.25, 0.3) is 16.5 Å². The molecule has 2 bridgehead atoms. The number of nitriles is 1. The molecule has 2 aromatic heterocycles. The number of pyridine rings is 1. The molecule has 2 aliphatic rings. The molecule has 2 aromatic carbocycles. The Balaban J connectivity index is 1.47. The lowest BCUT2D eigenvalue weighted by Gasteiger charge is -2.29. The second kappa shape index (κ2) is 9.44. The third-order valence-electron chi connectivity index (χ3n) is 8.13. The van der Waals surface area contributed by atoms with Gasteiger partial charge in [0.05, 0.1) is 33.5 Å². The van der Waals surface area contributed by atoms with E-state index in [0.29, 0.717) is 63.9 Å². The number of rotatable bonds is 6. The summed E-state index contributed by atoms with van der Waals surface area (Å²) < 4.78 is 13.7. The lowest BCUT2D eigenvalue weighted by molar-refractivity contribution is -0.106. The van der Waals surface area contributed by atoms with Crippen molar-refractivity contribution in [1.82, 2.24) is 14.9 Å². The molecule has 4 aromatic rings. The molecule has 2 unspecified atom stereocenters. The molecule has 6 rings (SSSR count). The Kier molecular flexibility index (Phi) is 6.13. The first kappa shape index (κ1) is 26.0. The Morgan fingerprint density at radius 2 is 1.95 bits per heavy atom. The van der Waals surface area contributed by atoms with Crippen LogP contribution in [0.15, 0.2) is 54.7 Å². The van der Waals surface area contributed by atoms with Crippen LogP contribution in [0, 0.1) is 11.3 Å². The minimum atomic E-state index is -1.20. The largest absolute Gasteiger partial charge is 0.494 e. The van der Waals surface area contributed by atoms with Gasteiger partial charge in [-0.3, -0.25) is 9.55 Å². The standard InChI is InChI=1S/C30H27ClN4O5/c1-29-23(39-28(38)33-2)14-30(40-29,13-5-6-19-11-10-18(31)16-34-19)25-24(29)26(36)35(27(25)37)22-12-9-17(15-32)20-7-3-4-8-21(20)22/h3-4,7-12,16,23,36-37H,5-6,13-14H2,1-2H3,(H,33,38)/t23-,29?,30?/m0/s1. The average molecular weight is 559 g/mol. The molecule has 40 heavy (non-hydrogen) atoms. The first-order valence-corrected chi connectivity index (χ1v) is 13.4. The first-order chi connectivity index (χ1) is 19.2. The summed E-state index contributed by atoms with van der Waals surface area (Å²) in [6.07, 6.45) is 2.39. The van der Waals surface area contributed by atoms with E-state index in [9.17, 15) is 20.3 Å². The van der Waals surface area contributed by atoms with Gasteiger partial charge in [0.1, 0.15) is 17.3 Å². The SMILES string of the molecule is CNC(=O)O[C@H]1CC2(CCCc3ccc(Cl)cn3)OC1(C)c1c2c(O)n(-c2ccc(C#N)c3ccccc23)c1O. The van der Waals surface area contributed by atoms with Gasteiger partial charge in [-0.1, -0.05) is 35.9 Å². The number of fused-ring (bicyclic) bond motifs is 6. The summed E-state index contributed by atoms with van der Waals surface area (Å²) in [5.41, 5.74) is 0.544. The monoisotopic (exact) mass is 558 g/mol. The number of nitrogens with one attached hydrogen (secondary N) is 1. The predicted octanol–water partition coefficient (Wildman–Crippen LogP) is 5.55. The number of halogens is 1. The summed E-state index contributed by atoms with van der Waals surface area (Å²) in [4.78, 5) is 16.6. The van der Waals surface area contributed by atoms with Crippen LogP contribution in [0.3, 0.4) is 0 Å². The summed E-state index contributed by atoms with van der Waals surface area (Å²) in [6.45, 7) is 1.77. The van der Waals surface area contributed by atoms with Crippen molar-refractivity contribution in [2.45, 2.75) is 49.9 Å². The van der Waals surface area contributed by atoms with Crippen molar-refractivity contribution < 1.29 is 24.5 Å². The van der Waals surface area contributed by atoms with E-state index in [1.807, 2.05) is 30.3 Å². The van der Waals surface area contributed by atoms with Crippen molar-refractivity contribution in [3.63, 3.8) is 0 Å². The van der Waals surface area contributed by atoms with E-state index in [2.05, 4.69) is 16.4 Å². The van der Waals surface area contributed by atoms with Crippen LogP contribution in [-0.2, 0) is 27.1 Å². The van der Waals surface area contributed by atoms with Crippen molar-refractivity contribution >= 4 is 28.5 Å². The molecule has 204 valence electrons. The van der Waals surface area contributed by atoms with E-state index in [1.165, 1.54) is 11.6 Å². The second-order valence-electron chi connectivity index (χ2n) is 10.4. The molecule has 0 saturated carbocycles. The third kappa shape index (κ3) is 3.79.